The molecule has 2 heteroatoms. The topological polar surface area (TPSA) is 26.3 Å². The van der Waals surface area contributed by atoms with Gasteiger partial charge in [0.1, 0.15) is 6.10 Å². The molecule has 2 nitrogen and oxygen atoms in total. The molecule has 0 amide bonds. The van der Waals surface area contributed by atoms with E-state index in [-0.39, 0.29) is 17.5 Å². The van der Waals surface area contributed by atoms with Crippen LogP contribution in [0.5, 0.6) is 0 Å². The zero-order valence-corrected chi connectivity index (χ0v) is 12.2. The van der Waals surface area contributed by atoms with Gasteiger partial charge in [-0.3, -0.25) is 4.79 Å². The summed E-state index contributed by atoms with van der Waals surface area (Å²) in [5.41, 5.74) is 0.800. The number of ether oxygens (including phenoxy) is 1. The van der Waals surface area contributed by atoms with Gasteiger partial charge in [0.2, 0.25) is 0 Å². The van der Waals surface area contributed by atoms with Crippen molar-refractivity contribution in [3.63, 3.8) is 0 Å². The summed E-state index contributed by atoms with van der Waals surface area (Å²) in [6.45, 7) is 8.46. The molecule has 3 rings (SSSR count). The van der Waals surface area contributed by atoms with Crippen LogP contribution in [0.4, 0.5) is 0 Å². The fourth-order valence-corrected chi connectivity index (χ4v) is 5.86. The number of carbonyl (C=O) groups is 1. The highest BCUT2D eigenvalue weighted by atomic mass is 16.5. The Hall–Kier alpha value is -0.530. The molecule has 0 saturated heterocycles. The highest BCUT2D eigenvalue weighted by molar-refractivity contribution is 5.66. The Morgan fingerprint density at radius 3 is 2.72 bits per heavy atom. The largest absolute Gasteiger partial charge is 0.462 e. The molecule has 6 atom stereocenters. The molecule has 3 fully saturated rings. The van der Waals surface area contributed by atoms with Gasteiger partial charge in [0, 0.05) is 12.3 Å². The average Bonchev–Trinajstić information content (AvgIpc) is 2.90. The van der Waals surface area contributed by atoms with Crippen LogP contribution in [-0.4, -0.2) is 12.1 Å². The quantitative estimate of drug-likeness (QED) is 0.697. The summed E-state index contributed by atoms with van der Waals surface area (Å²) in [5.74, 6) is 2.42. The lowest BCUT2D eigenvalue weighted by molar-refractivity contribution is -0.154. The van der Waals surface area contributed by atoms with Crippen LogP contribution in [-0.2, 0) is 9.53 Å². The van der Waals surface area contributed by atoms with Crippen molar-refractivity contribution in [2.45, 2.75) is 65.9 Å². The maximum atomic E-state index is 11.3. The standard InChI is InChI=1S/C16H26O2/c1-10-8-15(4,11(2)18-12(3)17)14-7-13-5-6-16(10,14)9-13/h10-11,13-14H,5-9H2,1-4H3. The summed E-state index contributed by atoms with van der Waals surface area (Å²) < 4.78 is 5.56. The molecule has 3 saturated carbocycles. The highest BCUT2D eigenvalue weighted by Crippen LogP contribution is 2.73. The Balaban J connectivity index is 1.88. The third kappa shape index (κ3) is 1.44. The molecule has 0 aliphatic heterocycles. The van der Waals surface area contributed by atoms with Crippen LogP contribution in [0.25, 0.3) is 0 Å². The monoisotopic (exact) mass is 250 g/mol. The summed E-state index contributed by atoms with van der Waals surface area (Å²) in [4.78, 5) is 11.3. The number of hydrogen-bond acceptors (Lipinski definition) is 2. The summed E-state index contributed by atoms with van der Waals surface area (Å²) in [7, 11) is 0. The molecule has 102 valence electrons. The van der Waals surface area contributed by atoms with E-state index in [1.165, 1.54) is 39.0 Å². The molecule has 3 aliphatic carbocycles. The highest BCUT2D eigenvalue weighted by Gasteiger charge is 2.66. The maximum absolute atomic E-state index is 11.3. The second-order valence-corrected chi connectivity index (χ2v) is 7.49. The number of carbonyl (C=O) groups excluding carboxylic acids is 1. The minimum atomic E-state index is -0.125. The van der Waals surface area contributed by atoms with Gasteiger partial charge in [0.25, 0.3) is 0 Å². The molecule has 1 spiro atoms. The van der Waals surface area contributed by atoms with Crippen molar-refractivity contribution < 1.29 is 9.53 Å². The smallest absolute Gasteiger partial charge is 0.302 e. The van der Waals surface area contributed by atoms with Gasteiger partial charge >= 0.3 is 5.97 Å². The molecule has 0 aromatic heterocycles. The second kappa shape index (κ2) is 3.74. The van der Waals surface area contributed by atoms with E-state index in [1.54, 1.807) is 0 Å². The van der Waals surface area contributed by atoms with Crippen LogP contribution in [0.1, 0.15) is 59.8 Å². The fourth-order valence-electron chi connectivity index (χ4n) is 5.86. The molecule has 3 aliphatic rings. The van der Waals surface area contributed by atoms with Gasteiger partial charge < -0.3 is 4.74 Å². The van der Waals surface area contributed by atoms with Crippen LogP contribution < -0.4 is 0 Å². The first-order valence-electron chi connectivity index (χ1n) is 7.56. The lowest BCUT2D eigenvalue weighted by Crippen LogP contribution is -2.40. The van der Waals surface area contributed by atoms with Gasteiger partial charge in [0.15, 0.2) is 0 Å². The Morgan fingerprint density at radius 2 is 2.11 bits per heavy atom. The first kappa shape index (κ1) is 12.5. The number of rotatable bonds is 2. The van der Waals surface area contributed by atoms with Crippen LogP contribution in [0, 0.1) is 28.6 Å². The summed E-state index contributed by atoms with van der Waals surface area (Å²) in [6.07, 6.45) is 7.00. The van der Waals surface area contributed by atoms with Crippen LogP contribution in [0.15, 0.2) is 0 Å². The van der Waals surface area contributed by atoms with Crippen LogP contribution in [0.2, 0.25) is 0 Å². The van der Waals surface area contributed by atoms with E-state index in [9.17, 15) is 4.79 Å². The fraction of sp³-hybridized carbons (Fsp3) is 0.938. The van der Waals surface area contributed by atoms with Crippen molar-refractivity contribution in [1.82, 2.24) is 0 Å². The molecule has 2 bridgehead atoms. The lowest BCUT2D eigenvalue weighted by Gasteiger charge is -2.41. The van der Waals surface area contributed by atoms with Gasteiger partial charge in [-0.15, -0.1) is 0 Å². The van der Waals surface area contributed by atoms with Crippen molar-refractivity contribution in [3.05, 3.63) is 0 Å². The maximum Gasteiger partial charge on any atom is 0.302 e. The molecule has 0 radical (unpaired) electrons. The summed E-state index contributed by atoms with van der Waals surface area (Å²) in [5, 5.41) is 0. The molecular weight excluding hydrogens is 224 g/mol. The Bertz CT molecular complexity index is 377. The third-order valence-corrected chi connectivity index (χ3v) is 6.74. The van der Waals surface area contributed by atoms with Gasteiger partial charge in [-0.05, 0) is 62.2 Å². The van der Waals surface area contributed by atoms with Crippen molar-refractivity contribution >= 4 is 5.97 Å². The zero-order valence-electron chi connectivity index (χ0n) is 12.2. The zero-order chi connectivity index (χ0) is 13.1. The Labute approximate surface area is 110 Å². The lowest BCUT2D eigenvalue weighted by atomic mass is 9.66. The van der Waals surface area contributed by atoms with Crippen molar-refractivity contribution in [2.24, 2.45) is 28.6 Å². The van der Waals surface area contributed by atoms with Gasteiger partial charge in [0.05, 0.1) is 0 Å². The molecule has 6 unspecified atom stereocenters. The minimum Gasteiger partial charge on any atom is -0.462 e. The molecule has 0 heterocycles. The van der Waals surface area contributed by atoms with Crippen molar-refractivity contribution in [3.8, 4) is 0 Å². The summed E-state index contributed by atoms with van der Waals surface area (Å²) in [6, 6.07) is 0. The number of fused-ring (bicyclic) bond motifs is 1. The van der Waals surface area contributed by atoms with Crippen LogP contribution >= 0.6 is 0 Å². The third-order valence-electron chi connectivity index (χ3n) is 6.74. The van der Waals surface area contributed by atoms with Crippen LogP contribution in [0.3, 0.4) is 0 Å². The minimum absolute atomic E-state index is 0.0705. The van der Waals surface area contributed by atoms with E-state index >= 15 is 0 Å². The van der Waals surface area contributed by atoms with E-state index in [4.69, 9.17) is 4.74 Å². The van der Waals surface area contributed by atoms with Gasteiger partial charge in [-0.25, -0.2) is 0 Å². The molecule has 0 aromatic carbocycles. The van der Waals surface area contributed by atoms with E-state index in [0.29, 0.717) is 5.41 Å². The molecule has 0 aromatic rings. The number of esters is 1. The van der Waals surface area contributed by atoms with Gasteiger partial charge in [-0.1, -0.05) is 13.8 Å². The van der Waals surface area contributed by atoms with E-state index in [1.807, 2.05) is 0 Å². The Morgan fingerprint density at radius 1 is 1.39 bits per heavy atom. The Kier molecular flexibility index (Phi) is 2.60. The molecule has 18 heavy (non-hydrogen) atoms. The first-order valence-corrected chi connectivity index (χ1v) is 7.56. The van der Waals surface area contributed by atoms with Gasteiger partial charge in [-0.2, -0.15) is 0 Å². The predicted molar refractivity (Wildman–Crippen MR) is 71.0 cm³/mol. The predicted octanol–water partition coefficient (Wildman–Crippen LogP) is 3.79. The summed E-state index contributed by atoms with van der Waals surface area (Å²) >= 11 is 0. The second-order valence-electron chi connectivity index (χ2n) is 7.49. The van der Waals surface area contributed by atoms with E-state index in [0.717, 1.165) is 17.8 Å². The van der Waals surface area contributed by atoms with Crippen molar-refractivity contribution in [2.75, 3.05) is 0 Å². The molecular formula is C16H26O2. The average molecular weight is 250 g/mol. The normalized spacial score (nSPS) is 51.2. The van der Waals surface area contributed by atoms with E-state index in [2.05, 4.69) is 20.8 Å². The first-order chi connectivity index (χ1) is 8.38. The molecule has 0 N–H and O–H groups in total. The van der Waals surface area contributed by atoms with E-state index < -0.39 is 0 Å². The van der Waals surface area contributed by atoms with Crippen molar-refractivity contribution in [1.29, 1.82) is 0 Å². The number of hydrogen-bond donors (Lipinski definition) is 0. The SMILES string of the molecule is CC(=O)OC(C)C1(C)CC(C)C23CCC(CC12)C3.